The average molecular weight is 183 g/mol. The first-order valence-corrected chi connectivity index (χ1v) is 5.85. The van der Waals surface area contributed by atoms with E-state index < -0.39 is 0 Å². The molecule has 0 radical (unpaired) electrons. The third-order valence-corrected chi connectivity index (χ3v) is 3.52. The van der Waals surface area contributed by atoms with Crippen LogP contribution < -0.4 is 5.32 Å². The fourth-order valence-corrected chi connectivity index (χ4v) is 2.48. The van der Waals surface area contributed by atoms with E-state index in [0.717, 1.165) is 24.3 Å². The van der Waals surface area contributed by atoms with E-state index in [-0.39, 0.29) is 0 Å². The normalized spacial score (nSPS) is 28.7. The smallest absolute Gasteiger partial charge is 0.0211 e. The fraction of sp³-hybridized carbons (Fsp3) is 0.800. The zero-order valence-corrected chi connectivity index (χ0v) is 8.49. The molecule has 1 nitrogen and oxygen atoms in total. The van der Waals surface area contributed by atoms with Crippen LogP contribution in [0.4, 0.5) is 0 Å². The Bertz CT molecular complexity index is 162. The van der Waals surface area contributed by atoms with Crippen molar-refractivity contribution in [3.63, 3.8) is 0 Å². The number of hydrogen-bond donors (Lipinski definition) is 1. The van der Waals surface area contributed by atoms with Crippen LogP contribution in [0.15, 0.2) is 0 Å². The van der Waals surface area contributed by atoms with Gasteiger partial charge in [0.05, 0.1) is 0 Å². The molecule has 0 aliphatic heterocycles. The van der Waals surface area contributed by atoms with Gasteiger partial charge < -0.3 is 5.32 Å². The van der Waals surface area contributed by atoms with Crippen LogP contribution in [-0.4, -0.2) is 24.1 Å². The summed E-state index contributed by atoms with van der Waals surface area (Å²) in [6, 6.07) is 0.732. The van der Waals surface area contributed by atoms with E-state index in [0.29, 0.717) is 0 Å². The molecule has 1 aliphatic rings. The summed E-state index contributed by atoms with van der Waals surface area (Å²) in [6.45, 7) is 0.988. The summed E-state index contributed by atoms with van der Waals surface area (Å²) in [5, 5.41) is 4.37. The fourth-order valence-electron chi connectivity index (χ4n) is 1.69. The first kappa shape index (κ1) is 9.95. The Hall–Kier alpha value is -0.130. The van der Waals surface area contributed by atoms with E-state index in [2.05, 4.69) is 17.5 Å². The molecule has 1 rings (SSSR count). The standard InChI is InChI=1S/C10H17NS/c1-3-4-7-11-9-5-6-10(8-9)12-2/h1,9-11H,4-8H2,2H3. The predicted molar refractivity (Wildman–Crippen MR) is 56.4 cm³/mol. The van der Waals surface area contributed by atoms with Gasteiger partial charge in [-0.1, -0.05) is 0 Å². The molecule has 0 saturated heterocycles. The summed E-state index contributed by atoms with van der Waals surface area (Å²) in [6.07, 6.45) is 12.3. The lowest BCUT2D eigenvalue weighted by Crippen LogP contribution is -2.27. The van der Waals surface area contributed by atoms with E-state index in [1.54, 1.807) is 0 Å². The SMILES string of the molecule is C#CCCNC1CCC(SC)C1. The van der Waals surface area contributed by atoms with Crippen molar-refractivity contribution < 1.29 is 0 Å². The molecule has 0 heterocycles. The number of rotatable bonds is 4. The summed E-state index contributed by atoms with van der Waals surface area (Å²) in [5.74, 6) is 2.65. The number of nitrogens with one attached hydrogen (secondary N) is 1. The number of hydrogen-bond acceptors (Lipinski definition) is 2. The molecular weight excluding hydrogens is 166 g/mol. The number of terminal acetylenes is 1. The molecule has 0 amide bonds. The molecule has 0 aromatic rings. The zero-order valence-electron chi connectivity index (χ0n) is 7.68. The Labute approximate surface area is 79.7 Å². The van der Waals surface area contributed by atoms with Crippen LogP contribution in [0.2, 0.25) is 0 Å². The van der Waals surface area contributed by atoms with Crippen molar-refractivity contribution in [1.82, 2.24) is 5.32 Å². The van der Waals surface area contributed by atoms with Crippen LogP contribution in [0.1, 0.15) is 25.7 Å². The topological polar surface area (TPSA) is 12.0 Å². The highest BCUT2D eigenvalue weighted by atomic mass is 32.2. The maximum atomic E-state index is 5.17. The van der Waals surface area contributed by atoms with Gasteiger partial charge in [-0.05, 0) is 25.5 Å². The molecule has 2 unspecified atom stereocenters. The van der Waals surface area contributed by atoms with Gasteiger partial charge in [-0.3, -0.25) is 0 Å². The summed E-state index contributed by atoms with van der Waals surface area (Å²) in [4.78, 5) is 0. The van der Waals surface area contributed by atoms with Crippen LogP contribution in [-0.2, 0) is 0 Å². The molecule has 0 aromatic carbocycles. The van der Waals surface area contributed by atoms with Crippen LogP contribution in [0.25, 0.3) is 0 Å². The van der Waals surface area contributed by atoms with Gasteiger partial charge in [0.25, 0.3) is 0 Å². The predicted octanol–water partition coefficient (Wildman–Crippen LogP) is 1.88. The van der Waals surface area contributed by atoms with Gasteiger partial charge in [-0.25, -0.2) is 0 Å². The lowest BCUT2D eigenvalue weighted by Gasteiger charge is -2.10. The summed E-state index contributed by atoms with van der Waals surface area (Å²) in [7, 11) is 0. The Morgan fingerprint density at radius 2 is 2.42 bits per heavy atom. The molecule has 0 bridgehead atoms. The molecule has 1 fully saturated rings. The zero-order chi connectivity index (χ0) is 8.81. The van der Waals surface area contributed by atoms with Crippen molar-refractivity contribution in [3.8, 4) is 12.3 Å². The van der Waals surface area contributed by atoms with Crippen molar-refractivity contribution in [2.45, 2.75) is 37.0 Å². The van der Waals surface area contributed by atoms with Crippen LogP contribution in [0, 0.1) is 12.3 Å². The lowest BCUT2D eigenvalue weighted by molar-refractivity contribution is 0.533. The highest BCUT2D eigenvalue weighted by Crippen LogP contribution is 2.27. The second-order valence-corrected chi connectivity index (χ2v) is 4.41. The molecule has 2 heteroatoms. The molecule has 12 heavy (non-hydrogen) atoms. The quantitative estimate of drug-likeness (QED) is 0.527. The maximum absolute atomic E-state index is 5.17. The van der Waals surface area contributed by atoms with Gasteiger partial charge in [0.15, 0.2) is 0 Å². The lowest BCUT2D eigenvalue weighted by atomic mass is 10.2. The van der Waals surface area contributed by atoms with Crippen LogP contribution in [0.3, 0.4) is 0 Å². The van der Waals surface area contributed by atoms with Crippen LogP contribution >= 0.6 is 11.8 Å². The first-order chi connectivity index (χ1) is 5.86. The third kappa shape index (κ3) is 3.08. The second kappa shape index (κ2) is 5.50. The Kier molecular flexibility index (Phi) is 4.57. The van der Waals surface area contributed by atoms with Crippen molar-refractivity contribution >= 4 is 11.8 Å². The molecule has 1 saturated carbocycles. The van der Waals surface area contributed by atoms with E-state index in [1.165, 1.54) is 19.3 Å². The summed E-state index contributed by atoms with van der Waals surface area (Å²) >= 11 is 2.00. The summed E-state index contributed by atoms with van der Waals surface area (Å²) in [5.41, 5.74) is 0. The molecule has 1 aliphatic carbocycles. The van der Waals surface area contributed by atoms with Gasteiger partial charge in [0.1, 0.15) is 0 Å². The van der Waals surface area contributed by atoms with Gasteiger partial charge in [-0.2, -0.15) is 11.8 Å². The minimum Gasteiger partial charge on any atom is -0.313 e. The van der Waals surface area contributed by atoms with E-state index in [4.69, 9.17) is 6.42 Å². The molecule has 2 atom stereocenters. The van der Waals surface area contributed by atoms with E-state index in [9.17, 15) is 0 Å². The van der Waals surface area contributed by atoms with E-state index >= 15 is 0 Å². The molecular formula is C10H17NS. The summed E-state index contributed by atoms with van der Waals surface area (Å²) < 4.78 is 0. The van der Waals surface area contributed by atoms with Crippen molar-refractivity contribution in [3.05, 3.63) is 0 Å². The molecule has 0 aromatic heterocycles. The molecule has 0 spiro atoms. The first-order valence-electron chi connectivity index (χ1n) is 4.56. The Morgan fingerprint density at radius 1 is 1.58 bits per heavy atom. The van der Waals surface area contributed by atoms with Crippen molar-refractivity contribution in [1.29, 1.82) is 0 Å². The van der Waals surface area contributed by atoms with Gasteiger partial charge in [0.2, 0.25) is 0 Å². The minimum absolute atomic E-state index is 0.732. The average Bonchev–Trinajstić information content (AvgIpc) is 2.53. The third-order valence-electron chi connectivity index (χ3n) is 2.42. The van der Waals surface area contributed by atoms with Gasteiger partial charge in [-0.15, -0.1) is 12.3 Å². The van der Waals surface area contributed by atoms with Crippen LogP contribution in [0.5, 0.6) is 0 Å². The highest BCUT2D eigenvalue weighted by Gasteiger charge is 2.22. The largest absolute Gasteiger partial charge is 0.313 e. The molecule has 1 N–H and O–H groups in total. The minimum atomic E-state index is 0.732. The van der Waals surface area contributed by atoms with E-state index in [1.807, 2.05) is 11.8 Å². The Morgan fingerprint density at radius 3 is 3.00 bits per heavy atom. The highest BCUT2D eigenvalue weighted by molar-refractivity contribution is 7.99. The van der Waals surface area contributed by atoms with Crippen molar-refractivity contribution in [2.24, 2.45) is 0 Å². The second-order valence-electron chi connectivity index (χ2n) is 3.28. The number of thioether (sulfide) groups is 1. The Balaban J connectivity index is 2.07. The molecule has 68 valence electrons. The van der Waals surface area contributed by atoms with Gasteiger partial charge in [0, 0.05) is 24.3 Å². The maximum Gasteiger partial charge on any atom is 0.0211 e. The van der Waals surface area contributed by atoms with Gasteiger partial charge >= 0.3 is 0 Å². The monoisotopic (exact) mass is 183 g/mol. The van der Waals surface area contributed by atoms with Crippen molar-refractivity contribution in [2.75, 3.05) is 12.8 Å².